The summed E-state index contributed by atoms with van der Waals surface area (Å²) in [5.74, 6) is 9.16. The lowest BCUT2D eigenvalue weighted by Gasteiger charge is -2.26. The number of thioether (sulfide) groups is 1. The summed E-state index contributed by atoms with van der Waals surface area (Å²) in [5, 5.41) is 4.44. The Morgan fingerprint density at radius 1 is 1.53 bits per heavy atom. The molecule has 0 radical (unpaired) electrons. The van der Waals surface area contributed by atoms with Crippen molar-refractivity contribution in [2.24, 2.45) is 18.8 Å². The molecule has 1 aliphatic heterocycles. The molecule has 0 aromatic carbocycles. The van der Waals surface area contributed by atoms with Crippen LogP contribution in [-0.2, 0) is 13.5 Å². The quantitative estimate of drug-likeness (QED) is 0.634. The maximum atomic E-state index is 5.74. The summed E-state index contributed by atoms with van der Waals surface area (Å²) in [7, 11) is 2.00. The van der Waals surface area contributed by atoms with Crippen molar-refractivity contribution < 1.29 is 0 Å². The van der Waals surface area contributed by atoms with Crippen LogP contribution >= 0.6 is 27.7 Å². The molecule has 0 spiro atoms. The van der Waals surface area contributed by atoms with E-state index in [1.54, 1.807) is 0 Å². The Hall–Kier alpha value is -0.0400. The fourth-order valence-electron chi connectivity index (χ4n) is 2.73. The van der Waals surface area contributed by atoms with Gasteiger partial charge in [-0.25, -0.2) is 0 Å². The van der Waals surface area contributed by atoms with Gasteiger partial charge in [0.2, 0.25) is 0 Å². The van der Waals surface area contributed by atoms with Crippen molar-refractivity contribution in [3.05, 3.63) is 15.9 Å². The van der Waals surface area contributed by atoms with Gasteiger partial charge in [0.05, 0.1) is 15.9 Å². The zero-order valence-electron chi connectivity index (χ0n) is 11.7. The number of rotatable bonds is 5. The van der Waals surface area contributed by atoms with Gasteiger partial charge in [0.25, 0.3) is 0 Å². The highest BCUT2D eigenvalue weighted by atomic mass is 79.9. The Morgan fingerprint density at radius 2 is 2.21 bits per heavy atom. The number of halogens is 1. The van der Waals surface area contributed by atoms with Crippen LogP contribution in [0.5, 0.6) is 0 Å². The minimum Gasteiger partial charge on any atom is -0.271 e. The maximum absolute atomic E-state index is 5.74. The molecule has 4 nitrogen and oxygen atoms in total. The van der Waals surface area contributed by atoms with Crippen LogP contribution in [0, 0.1) is 12.8 Å². The monoisotopic (exact) mass is 346 g/mol. The van der Waals surface area contributed by atoms with E-state index in [2.05, 4.69) is 38.2 Å². The van der Waals surface area contributed by atoms with E-state index in [1.165, 1.54) is 30.0 Å². The minimum absolute atomic E-state index is 0.333. The van der Waals surface area contributed by atoms with Gasteiger partial charge in [0, 0.05) is 19.5 Å². The molecule has 1 aromatic rings. The van der Waals surface area contributed by atoms with E-state index < -0.39 is 0 Å². The predicted molar refractivity (Wildman–Crippen MR) is 85.1 cm³/mol. The zero-order chi connectivity index (χ0) is 13.8. The SMILES string of the molecule is Cc1nn(C)c(CC(CC2CCSCC2)NN)c1Br. The molecule has 6 heteroatoms. The molecule has 0 amide bonds. The average Bonchev–Trinajstić information content (AvgIpc) is 2.65. The number of hydrogen-bond acceptors (Lipinski definition) is 4. The lowest BCUT2D eigenvalue weighted by molar-refractivity contribution is 0.361. The van der Waals surface area contributed by atoms with Crippen LogP contribution in [0.15, 0.2) is 4.47 Å². The van der Waals surface area contributed by atoms with Gasteiger partial charge in [-0.1, -0.05) is 0 Å². The summed E-state index contributed by atoms with van der Waals surface area (Å²) in [5.41, 5.74) is 5.26. The van der Waals surface area contributed by atoms with E-state index in [4.69, 9.17) is 5.84 Å². The third-order valence-corrected chi connectivity index (χ3v) is 5.98. The number of hydrazine groups is 1. The highest BCUT2D eigenvalue weighted by molar-refractivity contribution is 9.10. The van der Waals surface area contributed by atoms with E-state index in [0.717, 1.165) is 28.9 Å². The van der Waals surface area contributed by atoms with Crippen LogP contribution in [0.3, 0.4) is 0 Å². The molecule has 1 aliphatic rings. The van der Waals surface area contributed by atoms with Gasteiger partial charge in [-0.2, -0.15) is 16.9 Å². The second-order valence-electron chi connectivity index (χ2n) is 5.33. The molecule has 2 heterocycles. The molecule has 2 rings (SSSR count). The summed E-state index contributed by atoms with van der Waals surface area (Å²) < 4.78 is 3.08. The Balaban J connectivity index is 1.98. The summed E-state index contributed by atoms with van der Waals surface area (Å²) in [6.45, 7) is 2.02. The molecule has 0 bridgehead atoms. The van der Waals surface area contributed by atoms with E-state index >= 15 is 0 Å². The molecule has 1 fully saturated rings. The summed E-state index contributed by atoms with van der Waals surface area (Å²) in [6.07, 6.45) is 4.74. The topological polar surface area (TPSA) is 55.9 Å². The smallest absolute Gasteiger partial charge is 0.0738 e. The van der Waals surface area contributed by atoms with Crippen LogP contribution in [0.4, 0.5) is 0 Å². The number of aromatic nitrogens is 2. The minimum atomic E-state index is 0.333. The van der Waals surface area contributed by atoms with Gasteiger partial charge in [0.1, 0.15) is 0 Å². The van der Waals surface area contributed by atoms with Gasteiger partial charge in [0.15, 0.2) is 0 Å². The number of nitrogens with one attached hydrogen (secondary N) is 1. The van der Waals surface area contributed by atoms with Crippen LogP contribution < -0.4 is 11.3 Å². The van der Waals surface area contributed by atoms with E-state index in [9.17, 15) is 0 Å². The summed E-state index contributed by atoms with van der Waals surface area (Å²) >= 11 is 5.70. The Labute approximate surface area is 128 Å². The zero-order valence-corrected chi connectivity index (χ0v) is 14.1. The van der Waals surface area contributed by atoms with Gasteiger partial charge in [-0.3, -0.25) is 16.0 Å². The second kappa shape index (κ2) is 7.11. The lowest BCUT2D eigenvalue weighted by Crippen LogP contribution is -2.39. The normalized spacial score (nSPS) is 18.7. The van der Waals surface area contributed by atoms with Crippen molar-refractivity contribution in [3.63, 3.8) is 0 Å². The molecule has 1 unspecified atom stereocenters. The van der Waals surface area contributed by atoms with Gasteiger partial charge >= 0.3 is 0 Å². The summed E-state index contributed by atoms with van der Waals surface area (Å²) in [4.78, 5) is 0. The molecule has 1 atom stereocenters. The molecule has 19 heavy (non-hydrogen) atoms. The van der Waals surface area contributed by atoms with Crippen molar-refractivity contribution >= 4 is 27.7 Å². The predicted octanol–water partition coefficient (Wildman–Crippen LogP) is 2.40. The average molecular weight is 347 g/mol. The van der Waals surface area contributed by atoms with Crippen molar-refractivity contribution in [3.8, 4) is 0 Å². The highest BCUT2D eigenvalue weighted by Gasteiger charge is 2.21. The first-order chi connectivity index (χ1) is 9.11. The third kappa shape index (κ3) is 3.97. The number of hydrogen-bond donors (Lipinski definition) is 2. The van der Waals surface area contributed by atoms with Crippen molar-refractivity contribution in [2.45, 2.75) is 38.6 Å². The molecule has 108 valence electrons. The second-order valence-corrected chi connectivity index (χ2v) is 7.35. The molecule has 1 aromatic heterocycles. The first-order valence-electron chi connectivity index (χ1n) is 6.83. The summed E-state index contributed by atoms with van der Waals surface area (Å²) in [6, 6.07) is 0.333. The van der Waals surface area contributed by atoms with Gasteiger partial charge < -0.3 is 0 Å². The standard InChI is InChI=1S/C13H23BrN4S/c1-9-13(14)12(18(2)17-9)8-11(16-15)7-10-3-5-19-6-4-10/h10-11,16H,3-8,15H2,1-2H3. The lowest BCUT2D eigenvalue weighted by atomic mass is 9.92. The number of aryl methyl sites for hydroxylation is 2. The van der Waals surface area contributed by atoms with Crippen LogP contribution in [0.2, 0.25) is 0 Å². The number of nitrogens with two attached hydrogens (primary N) is 1. The van der Waals surface area contributed by atoms with Crippen molar-refractivity contribution in [1.82, 2.24) is 15.2 Å². The Morgan fingerprint density at radius 3 is 2.74 bits per heavy atom. The van der Waals surface area contributed by atoms with Crippen molar-refractivity contribution in [1.29, 1.82) is 0 Å². The van der Waals surface area contributed by atoms with E-state index in [-0.39, 0.29) is 0 Å². The first-order valence-corrected chi connectivity index (χ1v) is 8.78. The Bertz CT molecular complexity index is 415. The van der Waals surface area contributed by atoms with Gasteiger partial charge in [-0.15, -0.1) is 0 Å². The fraction of sp³-hybridized carbons (Fsp3) is 0.769. The van der Waals surface area contributed by atoms with Crippen LogP contribution in [0.25, 0.3) is 0 Å². The molecule has 3 N–H and O–H groups in total. The Kier molecular flexibility index (Phi) is 5.74. The molecular formula is C13H23BrN4S. The molecule has 0 aliphatic carbocycles. The highest BCUT2D eigenvalue weighted by Crippen LogP contribution is 2.28. The largest absolute Gasteiger partial charge is 0.271 e. The molecule has 0 saturated carbocycles. The van der Waals surface area contributed by atoms with Crippen LogP contribution in [-0.4, -0.2) is 27.3 Å². The molecular weight excluding hydrogens is 324 g/mol. The van der Waals surface area contributed by atoms with E-state index in [0.29, 0.717) is 6.04 Å². The fourth-order valence-corrected chi connectivity index (χ4v) is 4.43. The van der Waals surface area contributed by atoms with Crippen molar-refractivity contribution in [2.75, 3.05) is 11.5 Å². The third-order valence-electron chi connectivity index (χ3n) is 3.90. The van der Waals surface area contributed by atoms with Gasteiger partial charge in [-0.05, 0) is 59.5 Å². The van der Waals surface area contributed by atoms with Crippen LogP contribution in [0.1, 0.15) is 30.7 Å². The number of nitrogens with zero attached hydrogens (tertiary/aromatic N) is 2. The molecule has 1 saturated heterocycles. The maximum Gasteiger partial charge on any atom is 0.0738 e. The van der Waals surface area contributed by atoms with E-state index in [1.807, 2.05) is 18.7 Å². The first kappa shape index (κ1) is 15.4.